The molecule has 0 bridgehead atoms. The number of aliphatic hydroxyl groups is 2. The fraction of sp³-hybridized carbons (Fsp3) is 1.00. The van der Waals surface area contributed by atoms with Crippen molar-refractivity contribution >= 4 is 0 Å². The first-order chi connectivity index (χ1) is 7.46. The highest BCUT2D eigenvalue weighted by Crippen LogP contribution is 2.38. The minimum Gasteiger partial charge on any atom is -0.394 e. The number of rotatable bonds is 4. The molecule has 0 aromatic heterocycles. The Morgan fingerprint density at radius 3 is 1.44 bits per heavy atom. The zero-order chi connectivity index (χ0) is 12.4. The monoisotopic (exact) mass is 236 g/mol. The van der Waals surface area contributed by atoms with E-state index in [9.17, 15) is 0 Å². The summed E-state index contributed by atoms with van der Waals surface area (Å²) < 4.78 is 21.7. The summed E-state index contributed by atoms with van der Waals surface area (Å²) in [6.07, 6.45) is -1.28. The molecule has 1 aliphatic heterocycles. The molecule has 4 atom stereocenters. The minimum atomic E-state index is -1.14. The maximum Gasteiger partial charge on any atom is 0.220 e. The van der Waals surface area contributed by atoms with Crippen LogP contribution in [0, 0.1) is 0 Å². The Morgan fingerprint density at radius 2 is 1.25 bits per heavy atom. The molecule has 16 heavy (non-hydrogen) atoms. The highest BCUT2D eigenvalue weighted by atomic mass is 16.8. The zero-order valence-electron chi connectivity index (χ0n) is 10.1. The number of hydrogen-bond donors (Lipinski definition) is 2. The van der Waals surface area contributed by atoms with Crippen LogP contribution in [0.3, 0.4) is 0 Å². The number of aliphatic hydroxyl groups excluding tert-OH is 2. The summed E-state index contributed by atoms with van der Waals surface area (Å²) in [5.74, 6) is -2.28. The van der Waals surface area contributed by atoms with Crippen LogP contribution < -0.4 is 0 Å². The molecule has 6 heteroatoms. The van der Waals surface area contributed by atoms with E-state index in [2.05, 4.69) is 0 Å². The molecule has 1 rings (SSSR count). The lowest BCUT2D eigenvalue weighted by atomic mass is 10.0. The van der Waals surface area contributed by atoms with Gasteiger partial charge in [0.1, 0.15) is 12.2 Å². The minimum absolute atomic E-state index is 0.260. The second-order valence-electron chi connectivity index (χ2n) is 3.98. The van der Waals surface area contributed by atoms with E-state index >= 15 is 0 Å². The second kappa shape index (κ2) is 4.95. The molecule has 0 saturated carbocycles. The van der Waals surface area contributed by atoms with Gasteiger partial charge in [-0.05, 0) is 13.8 Å². The van der Waals surface area contributed by atoms with Crippen LogP contribution in [0.2, 0.25) is 0 Å². The van der Waals surface area contributed by atoms with Crippen molar-refractivity contribution in [3.8, 4) is 0 Å². The van der Waals surface area contributed by atoms with Gasteiger partial charge in [0.2, 0.25) is 11.6 Å². The fourth-order valence-electron chi connectivity index (χ4n) is 1.72. The normalized spacial score (nSPS) is 44.6. The molecule has 1 fully saturated rings. The molecule has 0 aliphatic carbocycles. The maximum atomic E-state index is 9.15. The Hall–Kier alpha value is -0.240. The summed E-state index contributed by atoms with van der Waals surface area (Å²) in [5.41, 5.74) is 0. The maximum absolute atomic E-state index is 9.15. The van der Waals surface area contributed by atoms with Gasteiger partial charge < -0.3 is 29.2 Å². The van der Waals surface area contributed by atoms with Crippen LogP contribution in [0.25, 0.3) is 0 Å². The summed E-state index contributed by atoms with van der Waals surface area (Å²) in [7, 11) is 2.93. The van der Waals surface area contributed by atoms with Crippen LogP contribution in [0.15, 0.2) is 0 Å². The zero-order valence-corrected chi connectivity index (χ0v) is 10.1. The summed E-state index contributed by atoms with van der Waals surface area (Å²) in [4.78, 5) is 0. The van der Waals surface area contributed by atoms with Crippen molar-refractivity contribution in [2.45, 2.75) is 37.6 Å². The average Bonchev–Trinajstić information content (AvgIpc) is 2.31. The molecule has 1 heterocycles. The van der Waals surface area contributed by atoms with Gasteiger partial charge in [-0.1, -0.05) is 0 Å². The van der Waals surface area contributed by atoms with Crippen LogP contribution in [0.4, 0.5) is 0 Å². The largest absolute Gasteiger partial charge is 0.394 e. The number of methoxy groups -OCH3 is 2. The van der Waals surface area contributed by atoms with E-state index in [0.29, 0.717) is 0 Å². The molecule has 1 aliphatic rings. The third-order valence-electron chi connectivity index (χ3n) is 3.13. The topological polar surface area (TPSA) is 77.4 Å². The molecule has 1 saturated heterocycles. The highest BCUT2D eigenvalue weighted by Gasteiger charge is 2.56. The first-order valence-corrected chi connectivity index (χ1v) is 5.14. The number of hydrogen-bond acceptors (Lipinski definition) is 6. The summed E-state index contributed by atoms with van der Waals surface area (Å²) in [5, 5.41) is 18.3. The summed E-state index contributed by atoms with van der Waals surface area (Å²) in [6.45, 7) is 2.80. The van der Waals surface area contributed by atoms with Crippen LogP contribution in [0.1, 0.15) is 13.8 Å². The van der Waals surface area contributed by atoms with E-state index in [1.165, 1.54) is 14.2 Å². The third-order valence-corrected chi connectivity index (χ3v) is 3.13. The van der Waals surface area contributed by atoms with Crippen LogP contribution in [0.5, 0.6) is 0 Å². The first-order valence-electron chi connectivity index (χ1n) is 5.14. The smallest absolute Gasteiger partial charge is 0.220 e. The van der Waals surface area contributed by atoms with Gasteiger partial charge in [-0.2, -0.15) is 0 Å². The van der Waals surface area contributed by atoms with Crippen molar-refractivity contribution in [2.75, 3.05) is 27.4 Å². The van der Waals surface area contributed by atoms with Crippen molar-refractivity contribution < 1.29 is 29.2 Å². The lowest BCUT2D eigenvalue weighted by Crippen LogP contribution is -2.66. The molecular weight excluding hydrogens is 216 g/mol. The predicted octanol–water partition coefficient (Wildman–Crippen LogP) is -0.520. The van der Waals surface area contributed by atoms with Crippen molar-refractivity contribution in [1.82, 2.24) is 0 Å². The van der Waals surface area contributed by atoms with E-state index in [1.54, 1.807) is 13.8 Å². The fourth-order valence-corrected chi connectivity index (χ4v) is 1.72. The van der Waals surface area contributed by atoms with Gasteiger partial charge in [0.15, 0.2) is 0 Å². The van der Waals surface area contributed by atoms with Gasteiger partial charge in [0.25, 0.3) is 0 Å². The van der Waals surface area contributed by atoms with Gasteiger partial charge in [-0.15, -0.1) is 0 Å². The molecule has 0 radical (unpaired) electrons. The molecular formula is C10H20O6. The van der Waals surface area contributed by atoms with E-state index in [0.717, 1.165) is 0 Å². The van der Waals surface area contributed by atoms with E-state index in [-0.39, 0.29) is 13.2 Å². The van der Waals surface area contributed by atoms with Gasteiger partial charge in [0, 0.05) is 14.2 Å². The standard InChI is InChI=1S/C10H20O6/c1-9(13-3)10(2,14-4)16-8(6-12)7(5-11)15-9/h7-8,11-12H,5-6H2,1-4H3/t7-,8?,9+,10?/m0/s1. The Kier molecular flexibility index (Phi) is 4.28. The summed E-state index contributed by atoms with van der Waals surface area (Å²) >= 11 is 0. The Balaban J connectivity index is 2.94. The van der Waals surface area contributed by atoms with Crippen molar-refractivity contribution in [1.29, 1.82) is 0 Å². The molecule has 0 spiro atoms. The van der Waals surface area contributed by atoms with Gasteiger partial charge >= 0.3 is 0 Å². The SMILES string of the molecule is COC1(C)OC(CO)[C@H](CO)O[C@@]1(C)OC. The van der Waals surface area contributed by atoms with Crippen molar-refractivity contribution in [3.63, 3.8) is 0 Å². The lowest BCUT2D eigenvalue weighted by molar-refractivity contribution is -0.451. The molecule has 2 N–H and O–H groups in total. The van der Waals surface area contributed by atoms with E-state index in [1.807, 2.05) is 0 Å². The predicted molar refractivity (Wildman–Crippen MR) is 54.7 cm³/mol. The molecule has 2 unspecified atom stereocenters. The number of ether oxygens (including phenoxy) is 4. The first kappa shape index (κ1) is 13.8. The molecule has 0 amide bonds. The molecule has 0 aromatic carbocycles. The van der Waals surface area contributed by atoms with Crippen LogP contribution in [-0.4, -0.2) is 61.4 Å². The third kappa shape index (κ3) is 2.09. The highest BCUT2D eigenvalue weighted by molar-refractivity contribution is 4.90. The average molecular weight is 236 g/mol. The van der Waals surface area contributed by atoms with Crippen molar-refractivity contribution in [2.24, 2.45) is 0 Å². The molecule has 96 valence electrons. The Labute approximate surface area is 95.1 Å². The quantitative estimate of drug-likeness (QED) is 0.684. The van der Waals surface area contributed by atoms with Crippen LogP contribution >= 0.6 is 0 Å². The van der Waals surface area contributed by atoms with Gasteiger partial charge in [0.05, 0.1) is 13.2 Å². The van der Waals surface area contributed by atoms with Gasteiger partial charge in [-0.25, -0.2) is 0 Å². The van der Waals surface area contributed by atoms with Crippen molar-refractivity contribution in [3.05, 3.63) is 0 Å². The van der Waals surface area contributed by atoms with E-state index in [4.69, 9.17) is 29.2 Å². The Bertz CT molecular complexity index is 211. The van der Waals surface area contributed by atoms with Gasteiger partial charge in [-0.3, -0.25) is 0 Å². The van der Waals surface area contributed by atoms with E-state index < -0.39 is 23.8 Å². The van der Waals surface area contributed by atoms with Crippen LogP contribution in [-0.2, 0) is 18.9 Å². The summed E-state index contributed by atoms with van der Waals surface area (Å²) in [6, 6.07) is 0. The molecule has 6 nitrogen and oxygen atoms in total. The molecule has 0 aromatic rings. The second-order valence-corrected chi connectivity index (χ2v) is 3.98. The lowest BCUT2D eigenvalue weighted by Gasteiger charge is -2.51. The Morgan fingerprint density at radius 1 is 0.938 bits per heavy atom.